The fourth-order valence-corrected chi connectivity index (χ4v) is 2.20. The Morgan fingerprint density at radius 3 is 2.44 bits per heavy atom. The Balaban J connectivity index is 0.00000109. The highest BCUT2D eigenvalue weighted by Gasteiger charge is 2.09. The summed E-state index contributed by atoms with van der Waals surface area (Å²) in [4.78, 5) is 29.3. The standard InChI is InChI=1S/C15H15N7O.CH4O/c1-22(11-4-2-9(8-23)3-5-11)7-10-6-18-14-12(19-10)13(16)20-15(17)21-14;1-2/h2-6,8H,7H2,1H3,(H4,16,17,18,20,21);2H,1H3. The van der Waals surface area contributed by atoms with E-state index in [9.17, 15) is 4.79 Å². The average Bonchev–Trinajstić information content (AvgIpc) is 2.64. The summed E-state index contributed by atoms with van der Waals surface area (Å²) < 4.78 is 0. The van der Waals surface area contributed by atoms with E-state index < -0.39 is 0 Å². The molecule has 9 nitrogen and oxygen atoms in total. The molecular formula is C16H19N7O2. The monoisotopic (exact) mass is 341 g/mol. The molecule has 0 aliphatic carbocycles. The molecule has 0 bridgehead atoms. The van der Waals surface area contributed by atoms with Gasteiger partial charge in [0, 0.05) is 25.4 Å². The molecule has 1 aromatic carbocycles. The van der Waals surface area contributed by atoms with E-state index in [1.807, 2.05) is 24.1 Å². The number of fused-ring (bicyclic) bond motifs is 1. The van der Waals surface area contributed by atoms with Crippen LogP contribution in [0.4, 0.5) is 17.5 Å². The van der Waals surface area contributed by atoms with E-state index in [1.165, 1.54) is 0 Å². The molecule has 25 heavy (non-hydrogen) atoms. The number of hydrogen-bond acceptors (Lipinski definition) is 9. The van der Waals surface area contributed by atoms with Gasteiger partial charge in [0.05, 0.1) is 18.4 Å². The first-order chi connectivity index (χ1) is 12.1. The van der Waals surface area contributed by atoms with Crippen LogP contribution in [-0.2, 0) is 6.54 Å². The summed E-state index contributed by atoms with van der Waals surface area (Å²) in [6.07, 6.45) is 2.44. The lowest BCUT2D eigenvalue weighted by atomic mass is 10.2. The third-order valence-corrected chi connectivity index (χ3v) is 3.37. The maximum Gasteiger partial charge on any atom is 0.224 e. The van der Waals surface area contributed by atoms with Crippen molar-refractivity contribution < 1.29 is 9.90 Å². The number of anilines is 3. The van der Waals surface area contributed by atoms with Crippen molar-refractivity contribution >= 4 is 34.9 Å². The third kappa shape index (κ3) is 4.15. The minimum atomic E-state index is 0.0736. The highest BCUT2D eigenvalue weighted by molar-refractivity contribution is 5.81. The van der Waals surface area contributed by atoms with Crippen molar-refractivity contribution in [2.45, 2.75) is 6.54 Å². The highest BCUT2D eigenvalue weighted by Crippen LogP contribution is 2.18. The van der Waals surface area contributed by atoms with E-state index in [0.717, 1.165) is 24.8 Å². The number of aromatic nitrogens is 4. The van der Waals surface area contributed by atoms with Gasteiger partial charge in [-0.2, -0.15) is 9.97 Å². The maximum absolute atomic E-state index is 10.7. The van der Waals surface area contributed by atoms with E-state index in [-0.39, 0.29) is 11.8 Å². The lowest BCUT2D eigenvalue weighted by molar-refractivity contribution is 0.112. The Hall–Kier alpha value is -3.33. The minimum absolute atomic E-state index is 0.0736. The van der Waals surface area contributed by atoms with Gasteiger partial charge < -0.3 is 21.5 Å². The Morgan fingerprint density at radius 2 is 1.80 bits per heavy atom. The van der Waals surface area contributed by atoms with Crippen molar-refractivity contribution in [3.63, 3.8) is 0 Å². The molecule has 5 N–H and O–H groups in total. The topological polar surface area (TPSA) is 144 Å². The Labute approximate surface area is 144 Å². The number of hydrogen-bond donors (Lipinski definition) is 3. The van der Waals surface area contributed by atoms with E-state index in [2.05, 4.69) is 19.9 Å². The van der Waals surface area contributed by atoms with Crippen LogP contribution in [0.1, 0.15) is 16.1 Å². The van der Waals surface area contributed by atoms with Gasteiger partial charge >= 0.3 is 0 Å². The first-order valence-corrected chi connectivity index (χ1v) is 7.32. The summed E-state index contributed by atoms with van der Waals surface area (Å²) in [5.74, 6) is 0.282. The van der Waals surface area contributed by atoms with Gasteiger partial charge in [0.15, 0.2) is 17.0 Å². The molecule has 2 heterocycles. The molecule has 0 atom stereocenters. The van der Waals surface area contributed by atoms with Gasteiger partial charge in [-0.05, 0) is 24.3 Å². The molecule has 0 aliphatic rings. The predicted octanol–water partition coefficient (Wildman–Crippen LogP) is 0.642. The molecule has 3 rings (SSSR count). The second kappa shape index (κ2) is 7.97. The van der Waals surface area contributed by atoms with Crippen molar-refractivity contribution in [1.29, 1.82) is 0 Å². The summed E-state index contributed by atoms with van der Waals surface area (Å²) >= 11 is 0. The quantitative estimate of drug-likeness (QED) is 0.582. The third-order valence-electron chi connectivity index (χ3n) is 3.37. The molecule has 0 radical (unpaired) electrons. The van der Waals surface area contributed by atoms with Crippen LogP contribution in [-0.4, -0.2) is 45.5 Å². The Bertz CT molecular complexity index is 868. The molecule has 2 aromatic heterocycles. The number of aliphatic hydroxyl groups excluding tert-OH is 1. The number of aldehydes is 1. The zero-order valence-corrected chi connectivity index (χ0v) is 13.9. The van der Waals surface area contributed by atoms with Crippen molar-refractivity contribution in [3.8, 4) is 0 Å². The second-order valence-corrected chi connectivity index (χ2v) is 5.07. The minimum Gasteiger partial charge on any atom is -0.400 e. The number of nitrogen functional groups attached to an aromatic ring is 2. The number of carbonyl (C=O) groups is 1. The highest BCUT2D eigenvalue weighted by atomic mass is 16.2. The van der Waals surface area contributed by atoms with E-state index in [1.54, 1.807) is 18.3 Å². The van der Waals surface area contributed by atoms with Crippen LogP contribution in [0.3, 0.4) is 0 Å². The van der Waals surface area contributed by atoms with Crippen LogP contribution in [0.5, 0.6) is 0 Å². The fourth-order valence-electron chi connectivity index (χ4n) is 2.20. The summed E-state index contributed by atoms with van der Waals surface area (Å²) in [7, 11) is 2.92. The summed E-state index contributed by atoms with van der Waals surface area (Å²) in [5, 5.41) is 7.00. The van der Waals surface area contributed by atoms with Crippen LogP contribution in [0.15, 0.2) is 30.5 Å². The van der Waals surface area contributed by atoms with Gasteiger partial charge in [-0.1, -0.05) is 0 Å². The Kier molecular flexibility index (Phi) is 5.75. The van der Waals surface area contributed by atoms with Crippen molar-refractivity contribution in [3.05, 3.63) is 41.7 Å². The zero-order valence-electron chi connectivity index (χ0n) is 13.9. The average molecular weight is 341 g/mol. The van der Waals surface area contributed by atoms with Crippen molar-refractivity contribution in [2.24, 2.45) is 0 Å². The Morgan fingerprint density at radius 1 is 1.12 bits per heavy atom. The number of aliphatic hydroxyl groups is 1. The maximum atomic E-state index is 10.7. The van der Waals surface area contributed by atoms with Crippen LogP contribution in [0, 0.1) is 0 Å². The molecule has 0 saturated heterocycles. The van der Waals surface area contributed by atoms with Crippen molar-refractivity contribution in [1.82, 2.24) is 19.9 Å². The first kappa shape index (κ1) is 18.0. The zero-order chi connectivity index (χ0) is 18.4. The molecule has 9 heteroatoms. The largest absolute Gasteiger partial charge is 0.400 e. The lowest BCUT2D eigenvalue weighted by Crippen LogP contribution is -2.17. The predicted molar refractivity (Wildman–Crippen MR) is 96.0 cm³/mol. The fraction of sp³-hybridized carbons (Fsp3) is 0.188. The molecule has 0 aliphatic heterocycles. The molecule has 0 amide bonds. The first-order valence-electron chi connectivity index (χ1n) is 7.32. The van der Waals surface area contributed by atoms with E-state index in [0.29, 0.717) is 23.3 Å². The molecule has 0 spiro atoms. The van der Waals surface area contributed by atoms with Gasteiger partial charge in [-0.15, -0.1) is 0 Å². The lowest BCUT2D eigenvalue weighted by Gasteiger charge is -2.19. The van der Waals surface area contributed by atoms with Crippen LogP contribution >= 0.6 is 0 Å². The molecule has 0 unspecified atom stereocenters. The number of carbonyl (C=O) groups excluding carboxylic acids is 1. The van der Waals surface area contributed by atoms with Gasteiger partial charge in [-0.3, -0.25) is 4.79 Å². The van der Waals surface area contributed by atoms with Crippen LogP contribution in [0.25, 0.3) is 11.2 Å². The van der Waals surface area contributed by atoms with Crippen LogP contribution < -0.4 is 16.4 Å². The summed E-state index contributed by atoms with van der Waals surface area (Å²) in [5.41, 5.74) is 14.5. The molecular weight excluding hydrogens is 322 g/mol. The SMILES string of the molecule is CN(Cc1cnc2nc(N)nc(N)c2n1)c1ccc(C=O)cc1.CO. The normalized spacial score (nSPS) is 10.0. The van der Waals surface area contributed by atoms with Gasteiger partial charge in [0.25, 0.3) is 0 Å². The molecule has 0 fully saturated rings. The second-order valence-electron chi connectivity index (χ2n) is 5.07. The van der Waals surface area contributed by atoms with Gasteiger partial charge in [0.1, 0.15) is 6.29 Å². The van der Waals surface area contributed by atoms with Crippen molar-refractivity contribution in [2.75, 3.05) is 30.5 Å². The molecule has 3 aromatic rings. The number of nitrogens with zero attached hydrogens (tertiary/aromatic N) is 5. The number of rotatable bonds is 4. The van der Waals surface area contributed by atoms with Gasteiger partial charge in [0.2, 0.25) is 5.95 Å². The molecule has 0 saturated carbocycles. The summed E-state index contributed by atoms with van der Waals surface area (Å²) in [6.45, 7) is 0.521. The molecule has 130 valence electrons. The van der Waals surface area contributed by atoms with Crippen LogP contribution in [0.2, 0.25) is 0 Å². The van der Waals surface area contributed by atoms with E-state index >= 15 is 0 Å². The number of nitrogens with two attached hydrogens (primary N) is 2. The number of benzene rings is 1. The van der Waals surface area contributed by atoms with Gasteiger partial charge in [-0.25, -0.2) is 9.97 Å². The smallest absolute Gasteiger partial charge is 0.224 e. The summed E-state index contributed by atoms with van der Waals surface area (Å²) in [6, 6.07) is 7.27. The van der Waals surface area contributed by atoms with E-state index in [4.69, 9.17) is 16.6 Å².